The van der Waals surface area contributed by atoms with Crippen molar-refractivity contribution in [2.75, 3.05) is 0 Å². The summed E-state index contributed by atoms with van der Waals surface area (Å²) in [6.07, 6.45) is 4.83. The first kappa shape index (κ1) is 12.0. The number of nitrogens with one attached hydrogen (secondary N) is 1. The molecular formula is C14H13FN4S. The van der Waals surface area contributed by atoms with Crippen LogP contribution in [0.3, 0.4) is 0 Å². The van der Waals surface area contributed by atoms with Crippen LogP contribution in [0.2, 0.25) is 0 Å². The summed E-state index contributed by atoms with van der Waals surface area (Å²) in [5.74, 6) is 0.581. The molecular weight excluding hydrogens is 275 g/mol. The summed E-state index contributed by atoms with van der Waals surface area (Å²) in [7, 11) is 0. The third-order valence-electron chi connectivity index (χ3n) is 3.87. The molecule has 20 heavy (non-hydrogen) atoms. The molecule has 6 heteroatoms. The highest BCUT2D eigenvalue weighted by Gasteiger charge is 2.37. The Hall–Kier alpha value is -1.79. The van der Waals surface area contributed by atoms with E-state index in [-0.39, 0.29) is 11.4 Å². The summed E-state index contributed by atoms with van der Waals surface area (Å²) < 4.78 is 14.0. The average Bonchev–Trinajstić information content (AvgIpc) is 3.01. The number of benzene rings is 1. The molecule has 4 nitrogen and oxygen atoms in total. The number of hydrogen-bond acceptors (Lipinski definition) is 4. The first-order chi connectivity index (χ1) is 9.64. The molecule has 0 unspecified atom stereocenters. The summed E-state index contributed by atoms with van der Waals surface area (Å²) in [6.45, 7) is 0. The van der Waals surface area contributed by atoms with Gasteiger partial charge in [-0.1, -0.05) is 0 Å². The summed E-state index contributed by atoms with van der Waals surface area (Å²) >= 11 is 1.45. The molecule has 0 amide bonds. The zero-order valence-electron chi connectivity index (χ0n) is 10.7. The number of nitrogens with zero attached hydrogens (tertiary/aromatic N) is 2. The van der Waals surface area contributed by atoms with Crippen molar-refractivity contribution in [2.45, 2.75) is 24.8 Å². The minimum Gasteiger partial charge on any atom is -0.338 e. The molecule has 0 aliphatic heterocycles. The number of halogens is 1. The number of aromatic nitrogens is 3. The molecule has 1 saturated carbocycles. The third kappa shape index (κ3) is 1.76. The number of hydrogen-bond donors (Lipinski definition) is 2. The lowest BCUT2D eigenvalue weighted by Crippen LogP contribution is -2.44. The zero-order valence-corrected chi connectivity index (χ0v) is 11.5. The Balaban J connectivity index is 1.75. The van der Waals surface area contributed by atoms with E-state index in [9.17, 15) is 4.39 Å². The lowest BCUT2D eigenvalue weighted by atomic mass is 9.77. The summed E-state index contributed by atoms with van der Waals surface area (Å²) in [4.78, 5) is 12.2. The Bertz CT molecular complexity index is 787. The van der Waals surface area contributed by atoms with E-state index in [1.54, 1.807) is 12.3 Å². The van der Waals surface area contributed by atoms with E-state index in [0.717, 1.165) is 46.0 Å². The molecule has 0 radical (unpaired) electrons. The van der Waals surface area contributed by atoms with Crippen LogP contribution >= 0.6 is 11.3 Å². The number of fused-ring (bicyclic) bond motifs is 1. The molecule has 4 rings (SSSR count). The number of nitrogens with two attached hydrogens (primary N) is 1. The van der Waals surface area contributed by atoms with E-state index >= 15 is 0 Å². The second kappa shape index (κ2) is 4.10. The fourth-order valence-corrected chi connectivity index (χ4v) is 3.45. The Morgan fingerprint density at radius 1 is 1.35 bits per heavy atom. The summed E-state index contributed by atoms with van der Waals surface area (Å²) in [5, 5.41) is 0.812. The van der Waals surface area contributed by atoms with Crippen LogP contribution in [0.4, 0.5) is 4.39 Å². The Kier molecular flexibility index (Phi) is 2.46. The van der Waals surface area contributed by atoms with Gasteiger partial charge in [0, 0.05) is 0 Å². The minimum absolute atomic E-state index is 0.242. The number of imidazole rings is 1. The molecule has 2 heterocycles. The van der Waals surface area contributed by atoms with Gasteiger partial charge in [-0.3, -0.25) is 0 Å². The quantitative estimate of drug-likeness (QED) is 0.761. The number of aromatic amines is 1. The molecule has 0 atom stereocenters. The number of H-pyrrole nitrogens is 1. The average molecular weight is 288 g/mol. The molecule has 0 spiro atoms. The van der Waals surface area contributed by atoms with Crippen molar-refractivity contribution < 1.29 is 4.39 Å². The summed E-state index contributed by atoms with van der Waals surface area (Å²) in [5.41, 5.74) is 7.59. The van der Waals surface area contributed by atoms with E-state index < -0.39 is 0 Å². The smallest absolute Gasteiger partial charge is 0.142 e. The highest BCUT2D eigenvalue weighted by molar-refractivity contribution is 7.21. The van der Waals surface area contributed by atoms with Gasteiger partial charge in [-0.15, -0.1) is 11.3 Å². The maximum Gasteiger partial charge on any atom is 0.142 e. The molecule has 0 saturated heterocycles. The van der Waals surface area contributed by atoms with Crippen molar-refractivity contribution in [3.05, 3.63) is 36.0 Å². The molecule has 3 N–H and O–H groups in total. The van der Waals surface area contributed by atoms with Gasteiger partial charge in [-0.05, 0) is 37.5 Å². The lowest BCUT2D eigenvalue weighted by Gasteiger charge is -2.35. The molecule has 1 aliphatic rings. The van der Waals surface area contributed by atoms with Crippen LogP contribution in [0.25, 0.3) is 20.9 Å². The van der Waals surface area contributed by atoms with E-state index in [2.05, 4.69) is 15.0 Å². The number of rotatable bonds is 2. The van der Waals surface area contributed by atoms with Crippen LogP contribution in [-0.2, 0) is 5.54 Å². The van der Waals surface area contributed by atoms with Crippen molar-refractivity contribution in [3.8, 4) is 10.7 Å². The topological polar surface area (TPSA) is 67.6 Å². The normalized spacial score (nSPS) is 17.3. The van der Waals surface area contributed by atoms with Crippen LogP contribution < -0.4 is 5.73 Å². The maximum atomic E-state index is 13.2. The fraction of sp³-hybridized carbons (Fsp3) is 0.286. The van der Waals surface area contributed by atoms with Crippen LogP contribution in [0.15, 0.2) is 24.4 Å². The zero-order chi connectivity index (χ0) is 13.7. The Morgan fingerprint density at radius 2 is 2.20 bits per heavy atom. The van der Waals surface area contributed by atoms with Crippen molar-refractivity contribution in [2.24, 2.45) is 5.73 Å². The van der Waals surface area contributed by atoms with Crippen molar-refractivity contribution in [1.29, 1.82) is 0 Å². The molecule has 2 aromatic heterocycles. The molecule has 1 fully saturated rings. The van der Waals surface area contributed by atoms with Crippen molar-refractivity contribution in [3.63, 3.8) is 0 Å². The van der Waals surface area contributed by atoms with Crippen LogP contribution in [-0.4, -0.2) is 15.0 Å². The van der Waals surface area contributed by atoms with Gasteiger partial charge in [0.1, 0.15) is 16.6 Å². The van der Waals surface area contributed by atoms with Gasteiger partial charge in [0.25, 0.3) is 0 Å². The van der Waals surface area contributed by atoms with Crippen LogP contribution in [0.1, 0.15) is 25.1 Å². The van der Waals surface area contributed by atoms with Crippen LogP contribution in [0.5, 0.6) is 0 Å². The predicted molar refractivity (Wildman–Crippen MR) is 76.9 cm³/mol. The van der Waals surface area contributed by atoms with Gasteiger partial charge in [0.15, 0.2) is 0 Å². The van der Waals surface area contributed by atoms with Crippen molar-refractivity contribution >= 4 is 21.6 Å². The highest BCUT2D eigenvalue weighted by Crippen LogP contribution is 2.38. The first-order valence-corrected chi connectivity index (χ1v) is 7.37. The predicted octanol–water partition coefficient (Wildman–Crippen LogP) is 3.16. The van der Waals surface area contributed by atoms with E-state index in [1.165, 1.54) is 23.5 Å². The van der Waals surface area contributed by atoms with Gasteiger partial charge in [-0.25, -0.2) is 14.4 Å². The van der Waals surface area contributed by atoms with E-state index in [1.807, 2.05) is 0 Å². The minimum atomic E-state index is -0.305. The molecule has 1 aliphatic carbocycles. The largest absolute Gasteiger partial charge is 0.338 e. The SMILES string of the molecule is NC1(c2ncc(-c3nc4ccc(F)cc4s3)[nH]2)CCC1. The molecule has 1 aromatic carbocycles. The van der Waals surface area contributed by atoms with E-state index in [4.69, 9.17) is 5.73 Å². The van der Waals surface area contributed by atoms with Gasteiger partial charge >= 0.3 is 0 Å². The Morgan fingerprint density at radius 3 is 2.95 bits per heavy atom. The van der Waals surface area contributed by atoms with Gasteiger partial charge < -0.3 is 10.7 Å². The second-order valence-corrected chi connectivity index (χ2v) is 6.32. The molecule has 102 valence electrons. The molecule has 3 aromatic rings. The second-order valence-electron chi connectivity index (χ2n) is 5.29. The van der Waals surface area contributed by atoms with Crippen molar-refractivity contribution in [1.82, 2.24) is 15.0 Å². The highest BCUT2D eigenvalue weighted by atomic mass is 32.1. The molecule has 0 bridgehead atoms. The van der Waals surface area contributed by atoms with Gasteiger partial charge in [0.05, 0.1) is 27.6 Å². The van der Waals surface area contributed by atoms with E-state index in [0.29, 0.717) is 0 Å². The van der Waals surface area contributed by atoms with Gasteiger partial charge in [-0.2, -0.15) is 0 Å². The maximum absolute atomic E-state index is 13.2. The summed E-state index contributed by atoms with van der Waals surface area (Å²) in [6, 6.07) is 4.62. The monoisotopic (exact) mass is 288 g/mol. The van der Waals surface area contributed by atoms with Gasteiger partial charge in [0.2, 0.25) is 0 Å². The standard InChI is InChI=1S/C14H13FN4S/c15-8-2-3-9-11(6-8)20-12(18-9)10-7-17-13(19-10)14(16)4-1-5-14/h2-3,6-7H,1,4-5,16H2,(H,17,19). The lowest BCUT2D eigenvalue weighted by molar-refractivity contribution is 0.240. The number of thiazole rings is 1. The fourth-order valence-electron chi connectivity index (χ4n) is 2.49. The Labute approximate surface area is 118 Å². The first-order valence-electron chi connectivity index (χ1n) is 6.55. The third-order valence-corrected chi connectivity index (χ3v) is 4.93. The van der Waals surface area contributed by atoms with Crippen LogP contribution in [0, 0.1) is 5.82 Å².